The van der Waals surface area contributed by atoms with Crippen molar-refractivity contribution >= 4 is 11.1 Å². The summed E-state index contributed by atoms with van der Waals surface area (Å²) < 4.78 is 6.71. The van der Waals surface area contributed by atoms with Crippen molar-refractivity contribution in [3.63, 3.8) is 0 Å². The zero-order valence-corrected chi connectivity index (χ0v) is 11.2. The van der Waals surface area contributed by atoms with E-state index in [-0.39, 0.29) is 11.2 Å². The molecule has 0 saturated heterocycles. The lowest BCUT2D eigenvalue weighted by Gasteiger charge is -2.23. The minimum Gasteiger partial charge on any atom is -0.408 e. The van der Waals surface area contributed by atoms with Gasteiger partial charge < -0.3 is 10.2 Å². The third kappa shape index (κ3) is 2.48. The summed E-state index contributed by atoms with van der Waals surface area (Å²) in [5.41, 5.74) is 8.45. The average molecular weight is 248 g/mol. The number of rotatable bonds is 4. The van der Waals surface area contributed by atoms with Crippen molar-refractivity contribution < 1.29 is 4.42 Å². The fraction of sp³-hybridized carbons (Fsp3) is 0.500. The van der Waals surface area contributed by atoms with Gasteiger partial charge in [-0.3, -0.25) is 4.57 Å². The van der Waals surface area contributed by atoms with Crippen molar-refractivity contribution in [2.75, 3.05) is 6.54 Å². The highest BCUT2D eigenvalue weighted by molar-refractivity contribution is 5.73. The van der Waals surface area contributed by atoms with Crippen LogP contribution in [0.5, 0.6) is 0 Å². The Labute approximate surface area is 106 Å². The molecule has 1 heterocycles. The molecule has 0 amide bonds. The molecule has 0 unspecified atom stereocenters. The molecule has 0 aliphatic rings. The van der Waals surface area contributed by atoms with Crippen LogP contribution in [-0.2, 0) is 13.5 Å². The number of hydrogen-bond acceptors (Lipinski definition) is 3. The van der Waals surface area contributed by atoms with Crippen LogP contribution in [0.25, 0.3) is 11.1 Å². The van der Waals surface area contributed by atoms with Gasteiger partial charge in [0.05, 0.1) is 5.52 Å². The van der Waals surface area contributed by atoms with E-state index in [1.807, 2.05) is 12.1 Å². The number of benzene rings is 1. The summed E-state index contributed by atoms with van der Waals surface area (Å²) >= 11 is 0. The van der Waals surface area contributed by atoms with E-state index in [1.165, 1.54) is 10.1 Å². The van der Waals surface area contributed by atoms with E-state index in [0.29, 0.717) is 12.1 Å². The number of nitrogens with two attached hydrogens (primary N) is 1. The quantitative estimate of drug-likeness (QED) is 0.900. The van der Waals surface area contributed by atoms with Crippen molar-refractivity contribution in [3.05, 3.63) is 34.3 Å². The van der Waals surface area contributed by atoms with Crippen molar-refractivity contribution in [3.8, 4) is 0 Å². The molecule has 0 aliphatic heterocycles. The fourth-order valence-corrected chi connectivity index (χ4v) is 2.32. The first kappa shape index (κ1) is 12.9. The van der Waals surface area contributed by atoms with Gasteiger partial charge in [0.2, 0.25) is 0 Å². The fourth-order valence-electron chi connectivity index (χ4n) is 2.32. The lowest BCUT2D eigenvalue weighted by Crippen LogP contribution is -2.19. The van der Waals surface area contributed by atoms with Gasteiger partial charge in [0.15, 0.2) is 5.58 Å². The van der Waals surface area contributed by atoms with Crippen LogP contribution in [0.4, 0.5) is 0 Å². The molecule has 2 aromatic rings. The summed E-state index contributed by atoms with van der Waals surface area (Å²) in [5, 5.41) is 0. The van der Waals surface area contributed by atoms with Crippen LogP contribution in [0, 0.1) is 5.41 Å². The molecule has 0 radical (unpaired) electrons. The highest BCUT2D eigenvalue weighted by Gasteiger charge is 2.18. The molecule has 4 heteroatoms. The predicted molar refractivity (Wildman–Crippen MR) is 72.6 cm³/mol. The Morgan fingerprint density at radius 1 is 1.39 bits per heavy atom. The molecular weight excluding hydrogens is 228 g/mol. The van der Waals surface area contributed by atoms with Crippen LogP contribution in [0.2, 0.25) is 0 Å². The topological polar surface area (TPSA) is 61.2 Å². The van der Waals surface area contributed by atoms with Gasteiger partial charge in [-0.15, -0.1) is 0 Å². The predicted octanol–water partition coefficient (Wildman–Crippen LogP) is 2.05. The van der Waals surface area contributed by atoms with Crippen molar-refractivity contribution in [1.29, 1.82) is 0 Å². The maximum atomic E-state index is 11.4. The number of aromatic nitrogens is 1. The number of aryl methyl sites for hydroxylation is 1. The van der Waals surface area contributed by atoms with Crippen LogP contribution in [0.3, 0.4) is 0 Å². The SMILES string of the molecule is Cn1c(=O)oc2cc(CC(C)(C)CCN)ccc21. The summed E-state index contributed by atoms with van der Waals surface area (Å²) in [6.45, 7) is 5.09. The van der Waals surface area contributed by atoms with E-state index in [2.05, 4.69) is 19.9 Å². The van der Waals surface area contributed by atoms with Crippen LogP contribution in [0.1, 0.15) is 25.8 Å². The molecule has 4 nitrogen and oxygen atoms in total. The molecule has 0 aliphatic carbocycles. The highest BCUT2D eigenvalue weighted by Crippen LogP contribution is 2.26. The van der Waals surface area contributed by atoms with Crippen LogP contribution >= 0.6 is 0 Å². The summed E-state index contributed by atoms with van der Waals surface area (Å²) in [6, 6.07) is 5.94. The van der Waals surface area contributed by atoms with E-state index in [0.717, 1.165) is 18.4 Å². The van der Waals surface area contributed by atoms with Gasteiger partial charge in [0.1, 0.15) is 0 Å². The maximum Gasteiger partial charge on any atom is 0.419 e. The number of fused-ring (bicyclic) bond motifs is 1. The van der Waals surface area contributed by atoms with Gasteiger partial charge in [-0.1, -0.05) is 19.9 Å². The summed E-state index contributed by atoms with van der Waals surface area (Å²) in [4.78, 5) is 11.4. The second kappa shape index (κ2) is 4.61. The van der Waals surface area contributed by atoms with E-state index >= 15 is 0 Å². The molecule has 0 bridgehead atoms. The first-order valence-electron chi connectivity index (χ1n) is 6.21. The van der Waals surface area contributed by atoms with Gasteiger partial charge in [-0.2, -0.15) is 0 Å². The molecule has 1 aromatic heterocycles. The molecule has 0 spiro atoms. The minimum atomic E-state index is -0.316. The zero-order valence-electron chi connectivity index (χ0n) is 11.2. The summed E-state index contributed by atoms with van der Waals surface area (Å²) in [6.07, 6.45) is 1.91. The van der Waals surface area contributed by atoms with E-state index in [1.54, 1.807) is 7.05 Å². The normalized spacial score (nSPS) is 12.2. The summed E-state index contributed by atoms with van der Waals surface area (Å²) in [5.74, 6) is -0.316. The standard InChI is InChI=1S/C14H20N2O2/c1-14(2,6-7-15)9-10-4-5-11-12(8-10)18-13(17)16(11)3/h4-5,8H,6-7,9,15H2,1-3H3. The minimum absolute atomic E-state index is 0.164. The molecule has 0 saturated carbocycles. The molecule has 0 atom stereocenters. The molecule has 1 aromatic carbocycles. The molecule has 2 rings (SSSR count). The van der Waals surface area contributed by atoms with E-state index < -0.39 is 0 Å². The second-order valence-electron chi connectivity index (χ2n) is 5.61. The first-order valence-corrected chi connectivity index (χ1v) is 6.21. The molecule has 98 valence electrons. The number of oxazole rings is 1. The van der Waals surface area contributed by atoms with Crippen molar-refractivity contribution in [2.24, 2.45) is 18.2 Å². The van der Waals surface area contributed by atoms with Crippen LogP contribution < -0.4 is 11.5 Å². The lowest BCUT2D eigenvalue weighted by molar-refractivity contribution is 0.339. The lowest BCUT2D eigenvalue weighted by atomic mass is 9.83. The van der Waals surface area contributed by atoms with Crippen LogP contribution in [-0.4, -0.2) is 11.1 Å². The van der Waals surface area contributed by atoms with Gasteiger partial charge in [-0.05, 0) is 42.5 Å². The van der Waals surface area contributed by atoms with Gasteiger partial charge in [0.25, 0.3) is 0 Å². The average Bonchev–Trinajstić information content (AvgIpc) is 2.53. The third-order valence-electron chi connectivity index (χ3n) is 3.36. The van der Waals surface area contributed by atoms with Crippen LogP contribution in [0.15, 0.2) is 27.4 Å². The Morgan fingerprint density at radius 3 is 2.78 bits per heavy atom. The zero-order chi connectivity index (χ0) is 13.3. The first-order chi connectivity index (χ1) is 8.43. The Hall–Kier alpha value is -1.55. The van der Waals surface area contributed by atoms with E-state index in [9.17, 15) is 4.79 Å². The highest BCUT2D eigenvalue weighted by atomic mass is 16.4. The van der Waals surface area contributed by atoms with Gasteiger partial charge in [-0.25, -0.2) is 4.79 Å². The van der Waals surface area contributed by atoms with E-state index in [4.69, 9.17) is 10.2 Å². The molecule has 18 heavy (non-hydrogen) atoms. The van der Waals surface area contributed by atoms with Crippen molar-refractivity contribution in [1.82, 2.24) is 4.57 Å². The Morgan fingerprint density at radius 2 is 2.11 bits per heavy atom. The van der Waals surface area contributed by atoms with Gasteiger partial charge >= 0.3 is 5.76 Å². The summed E-state index contributed by atoms with van der Waals surface area (Å²) in [7, 11) is 1.71. The monoisotopic (exact) mass is 248 g/mol. The molecular formula is C14H20N2O2. The van der Waals surface area contributed by atoms with Gasteiger partial charge in [0, 0.05) is 7.05 Å². The number of hydrogen-bond donors (Lipinski definition) is 1. The second-order valence-corrected chi connectivity index (χ2v) is 5.61. The van der Waals surface area contributed by atoms with Crippen molar-refractivity contribution in [2.45, 2.75) is 26.7 Å². The Kier molecular flexibility index (Phi) is 3.30. The molecule has 2 N–H and O–H groups in total. The number of nitrogens with zero attached hydrogens (tertiary/aromatic N) is 1. The smallest absolute Gasteiger partial charge is 0.408 e. The third-order valence-corrected chi connectivity index (χ3v) is 3.36. The Balaban J connectivity index is 2.33. The Bertz CT molecular complexity index is 608. The maximum absolute atomic E-state index is 11.4. The largest absolute Gasteiger partial charge is 0.419 e. The molecule has 0 fully saturated rings.